The molecule has 1 aliphatic heterocycles. The van der Waals surface area contributed by atoms with E-state index >= 15 is 0 Å². The summed E-state index contributed by atoms with van der Waals surface area (Å²) in [5.41, 5.74) is 0. The second-order valence-electron chi connectivity index (χ2n) is 6.27. The molecular weight excluding hydrogens is 196 g/mol. The molecule has 92 valence electrons. The van der Waals surface area contributed by atoms with E-state index in [1.165, 1.54) is 58.2 Å². The van der Waals surface area contributed by atoms with Crippen LogP contribution in [0.1, 0.15) is 45.4 Å². The van der Waals surface area contributed by atoms with Gasteiger partial charge in [0, 0.05) is 18.6 Å². The molecule has 2 nitrogen and oxygen atoms in total. The molecular formula is C14H26N2. The Morgan fingerprint density at radius 2 is 2.06 bits per heavy atom. The van der Waals surface area contributed by atoms with Gasteiger partial charge >= 0.3 is 0 Å². The highest BCUT2D eigenvalue weighted by molar-refractivity contribution is 4.91. The Morgan fingerprint density at radius 3 is 2.75 bits per heavy atom. The van der Waals surface area contributed by atoms with Crippen LogP contribution in [0.3, 0.4) is 0 Å². The molecule has 0 radical (unpaired) electrons. The van der Waals surface area contributed by atoms with Gasteiger partial charge in [0.1, 0.15) is 0 Å². The first-order valence-electron chi connectivity index (χ1n) is 7.30. The summed E-state index contributed by atoms with van der Waals surface area (Å²) in [4.78, 5) is 2.77. The van der Waals surface area contributed by atoms with Gasteiger partial charge in [-0.1, -0.05) is 12.8 Å². The third kappa shape index (κ3) is 2.78. The molecule has 2 saturated carbocycles. The summed E-state index contributed by atoms with van der Waals surface area (Å²) in [6, 6.07) is 1.64. The Labute approximate surface area is 99.8 Å². The largest absolute Gasteiger partial charge is 0.312 e. The summed E-state index contributed by atoms with van der Waals surface area (Å²) in [5.74, 6) is 2.08. The van der Waals surface area contributed by atoms with Crippen LogP contribution in [0.15, 0.2) is 0 Å². The first-order chi connectivity index (χ1) is 7.83. The van der Waals surface area contributed by atoms with Crippen LogP contribution in [0.4, 0.5) is 0 Å². The van der Waals surface area contributed by atoms with E-state index in [4.69, 9.17) is 0 Å². The molecule has 16 heavy (non-hydrogen) atoms. The Morgan fingerprint density at radius 1 is 1.25 bits per heavy atom. The zero-order valence-corrected chi connectivity index (χ0v) is 10.6. The van der Waals surface area contributed by atoms with Crippen LogP contribution in [-0.4, -0.2) is 36.6 Å². The van der Waals surface area contributed by atoms with Gasteiger partial charge in [0.05, 0.1) is 0 Å². The lowest BCUT2D eigenvalue weighted by Crippen LogP contribution is -2.42. The predicted molar refractivity (Wildman–Crippen MR) is 67.5 cm³/mol. The van der Waals surface area contributed by atoms with Crippen LogP contribution in [0.5, 0.6) is 0 Å². The standard InChI is InChI=1S/C14H26N2/c1-11(9-12-3-4-12)16-8-2-7-15-14(10-16)13-5-6-13/h11-15H,2-10H2,1H3. The predicted octanol–water partition coefficient (Wildman–Crippen LogP) is 2.25. The monoisotopic (exact) mass is 222 g/mol. The van der Waals surface area contributed by atoms with E-state index in [1.54, 1.807) is 0 Å². The lowest BCUT2D eigenvalue weighted by molar-refractivity contribution is 0.185. The summed E-state index contributed by atoms with van der Waals surface area (Å²) < 4.78 is 0. The fourth-order valence-corrected chi connectivity index (χ4v) is 3.18. The molecule has 0 aromatic heterocycles. The van der Waals surface area contributed by atoms with Crippen molar-refractivity contribution in [3.8, 4) is 0 Å². The highest BCUT2D eigenvalue weighted by Gasteiger charge is 2.35. The van der Waals surface area contributed by atoms with Gasteiger partial charge in [0.25, 0.3) is 0 Å². The van der Waals surface area contributed by atoms with E-state index in [0.717, 1.165) is 23.9 Å². The van der Waals surface area contributed by atoms with E-state index in [0.29, 0.717) is 0 Å². The minimum Gasteiger partial charge on any atom is -0.312 e. The first kappa shape index (κ1) is 11.0. The lowest BCUT2D eigenvalue weighted by Gasteiger charge is -2.30. The number of hydrogen-bond donors (Lipinski definition) is 1. The van der Waals surface area contributed by atoms with Crippen LogP contribution in [0, 0.1) is 11.8 Å². The molecule has 2 unspecified atom stereocenters. The third-order valence-corrected chi connectivity index (χ3v) is 4.65. The van der Waals surface area contributed by atoms with Crippen molar-refractivity contribution in [2.24, 2.45) is 11.8 Å². The minimum atomic E-state index is 0.809. The van der Waals surface area contributed by atoms with Crippen LogP contribution in [-0.2, 0) is 0 Å². The van der Waals surface area contributed by atoms with Crippen LogP contribution in [0.25, 0.3) is 0 Å². The minimum absolute atomic E-state index is 0.809. The van der Waals surface area contributed by atoms with Gasteiger partial charge in [0.2, 0.25) is 0 Å². The van der Waals surface area contributed by atoms with Crippen molar-refractivity contribution < 1.29 is 0 Å². The molecule has 2 atom stereocenters. The van der Waals surface area contributed by atoms with E-state index in [-0.39, 0.29) is 0 Å². The molecule has 0 bridgehead atoms. The molecule has 2 aliphatic carbocycles. The van der Waals surface area contributed by atoms with Crippen molar-refractivity contribution in [2.45, 2.75) is 57.5 Å². The summed E-state index contributed by atoms with van der Waals surface area (Å²) in [5, 5.41) is 3.76. The average Bonchev–Trinajstić information content (AvgIpc) is 3.13. The zero-order valence-electron chi connectivity index (χ0n) is 10.6. The fraction of sp³-hybridized carbons (Fsp3) is 1.00. The van der Waals surface area contributed by atoms with Crippen molar-refractivity contribution in [2.75, 3.05) is 19.6 Å². The molecule has 0 spiro atoms. The Balaban J connectivity index is 1.54. The molecule has 0 aromatic rings. The smallest absolute Gasteiger partial charge is 0.0223 e. The Hall–Kier alpha value is -0.0800. The highest BCUT2D eigenvalue weighted by Crippen LogP contribution is 2.36. The average molecular weight is 222 g/mol. The second kappa shape index (κ2) is 4.66. The maximum Gasteiger partial charge on any atom is 0.0223 e. The highest BCUT2D eigenvalue weighted by atomic mass is 15.2. The SMILES string of the molecule is CC(CC1CC1)N1CCCNC(C2CC2)C1. The van der Waals surface area contributed by atoms with Gasteiger partial charge in [-0.25, -0.2) is 0 Å². The van der Waals surface area contributed by atoms with Crippen molar-refractivity contribution in [1.29, 1.82) is 0 Å². The van der Waals surface area contributed by atoms with Crippen molar-refractivity contribution in [3.63, 3.8) is 0 Å². The third-order valence-electron chi connectivity index (χ3n) is 4.65. The number of nitrogens with one attached hydrogen (secondary N) is 1. The van der Waals surface area contributed by atoms with E-state index < -0.39 is 0 Å². The number of rotatable bonds is 4. The van der Waals surface area contributed by atoms with Gasteiger partial charge in [-0.05, 0) is 57.5 Å². The molecule has 3 rings (SSSR count). The summed E-state index contributed by atoms with van der Waals surface area (Å²) in [7, 11) is 0. The van der Waals surface area contributed by atoms with Crippen LogP contribution >= 0.6 is 0 Å². The quantitative estimate of drug-likeness (QED) is 0.785. The fourth-order valence-electron chi connectivity index (χ4n) is 3.18. The van der Waals surface area contributed by atoms with Gasteiger partial charge in [0.15, 0.2) is 0 Å². The second-order valence-corrected chi connectivity index (χ2v) is 6.27. The Bertz CT molecular complexity index is 233. The topological polar surface area (TPSA) is 15.3 Å². The molecule has 0 aromatic carbocycles. The maximum absolute atomic E-state index is 3.76. The normalized spacial score (nSPS) is 34.7. The molecule has 3 aliphatic rings. The first-order valence-corrected chi connectivity index (χ1v) is 7.30. The number of hydrogen-bond acceptors (Lipinski definition) is 2. The molecule has 3 fully saturated rings. The van der Waals surface area contributed by atoms with E-state index in [9.17, 15) is 0 Å². The molecule has 2 heteroatoms. The Kier molecular flexibility index (Phi) is 3.21. The van der Waals surface area contributed by atoms with Crippen LogP contribution < -0.4 is 5.32 Å². The lowest BCUT2D eigenvalue weighted by atomic mass is 10.1. The van der Waals surface area contributed by atoms with Crippen molar-refractivity contribution >= 4 is 0 Å². The molecule has 1 heterocycles. The summed E-state index contributed by atoms with van der Waals surface area (Å²) in [6.45, 7) is 6.34. The summed E-state index contributed by atoms with van der Waals surface area (Å²) in [6.07, 6.45) is 8.76. The van der Waals surface area contributed by atoms with Crippen molar-refractivity contribution in [3.05, 3.63) is 0 Å². The summed E-state index contributed by atoms with van der Waals surface area (Å²) >= 11 is 0. The van der Waals surface area contributed by atoms with Gasteiger partial charge in [-0.3, -0.25) is 4.90 Å². The van der Waals surface area contributed by atoms with Gasteiger partial charge in [-0.2, -0.15) is 0 Å². The van der Waals surface area contributed by atoms with Gasteiger partial charge in [-0.15, -0.1) is 0 Å². The molecule has 1 N–H and O–H groups in total. The van der Waals surface area contributed by atoms with E-state index in [2.05, 4.69) is 17.1 Å². The molecule has 1 saturated heterocycles. The zero-order chi connectivity index (χ0) is 11.0. The maximum atomic E-state index is 3.76. The van der Waals surface area contributed by atoms with Crippen LogP contribution in [0.2, 0.25) is 0 Å². The van der Waals surface area contributed by atoms with Gasteiger partial charge < -0.3 is 5.32 Å². The van der Waals surface area contributed by atoms with E-state index in [1.807, 2.05) is 0 Å². The number of nitrogens with zero attached hydrogens (tertiary/aromatic N) is 1. The van der Waals surface area contributed by atoms with Crippen molar-refractivity contribution in [1.82, 2.24) is 10.2 Å². The molecule has 0 amide bonds.